The summed E-state index contributed by atoms with van der Waals surface area (Å²) in [6, 6.07) is 0.0746. The van der Waals surface area contributed by atoms with Crippen molar-refractivity contribution in [3.05, 3.63) is 11.6 Å². The van der Waals surface area contributed by atoms with Crippen LogP contribution in [0.15, 0.2) is 11.6 Å². The topological polar surface area (TPSA) is 35.2 Å². The Morgan fingerprint density at radius 3 is 2.56 bits per heavy atom. The molecule has 2 nitrogen and oxygen atoms in total. The van der Waals surface area contributed by atoms with Gasteiger partial charge in [0, 0.05) is 7.11 Å². The average molecular weight is 225 g/mol. The van der Waals surface area contributed by atoms with Crippen molar-refractivity contribution in [2.45, 2.75) is 70.4 Å². The monoisotopic (exact) mass is 225 g/mol. The second-order valence-electron chi connectivity index (χ2n) is 4.83. The summed E-state index contributed by atoms with van der Waals surface area (Å²) in [5.41, 5.74) is 7.70. The summed E-state index contributed by atoms with van der Waals surface area (Å²) >= 11 is 0. The lowest BCUT2D eigenvalue weighted by molar-refractivity contribution is -0.0296. The van der Waals surface area contributed by atoms with Gasteiger partial charge in [0.05, 0.1) is 11.6 Å². The summed E-state index contributed by atoms with van der Waals surface area (Å²) in [5, 5.41) is 0. The minimum absolute atomic E-state index is 0.0746. The highest BCUT2D eigenvalue weighted by molar-refractivity contribution is 5.17. The molecule has 0 heterocycles. The summed E-state index contributed by atoms with van der Waals surface area (Å²) in [6.45, 7) is 4.34. The van der Waals surface area contributed by atoms with Crippen LogP contribution in [-0.4, -0.2) is 18.8 Å². The molecule has 1 rings (SSSR count). The number of ether oxygens (including phenoxy) is 1. The van der Waals surface area contributed by atoms with Crippen LogP contribution in [0.2, 0.25) is 0 Å². The molecule has 1 unspecified atom stereocenters. The molecular formula is C14H27NO. The van der Waals surface area contributed by atoms with Crippen molar-refractivity contribution >= 4 is 0 Å². The van der Waals surface area contributed by atoms with Crippen LogP contribution >= 0.6 is 0 Å². The molecule has 0 saturated heterocycles. The summed E-state index contributed by atoms with van der Waals surface area (Å²) in [4.78, 5) is 0. The SMILES string of the molecule is CCC(CC)(OC)C(N)C1=CCCCCC1. The number of allylic oxidation sites excluding steroid dienone is 1. The Bertz CT molecular complexity index is 223. The first-order valence-corrected chi connectivity index (χ1v) is 6.69. The van der Waals surface area contributed by atoms with Gasteiger partial charge in [-0.2, -0.15) is 0 Å². The standard InChI is InChI=1S/C14H27NO/c1-4-14(5-2,16-3)13(15)12-10-8-6-7-9-11-12/h10,13H,4-9,11,15H2,1-3H3. The van der Waals surface area contributed by atoms with E-state index in [1.807, 2.05) is 0 Å². The zero-order valence-corrected chi connectivity index (χ0v) is 11.1. The van der Waals surface area contributed by atoms with Gasteiger partial charge >= 0.3 is 0 Å². The molecular weight excluding hydrogens is 198 g/mol. The lowest BCUT2D eigenvalue weighted by Gasteiger charge is -2.37. The molecule has 0 saturated carbocycles. The van der Waals surface area contributed by atoms with E-state index in [2.05, 4.69) is 19.9 Å². The van der Waals surface area contributed by atoms with Gasteiger partial charge in [-0.05, 0) is 38.5 Å². The van der Waals surface area contributed by atoms with Crippen LogP contribution in [0.5, 0.6) is 0 Å². The smallest absolute Gasteiger partial charge is 0.0861 e. The van der Waals surface area contributed by atoms with Gasteiger partial charge in [0.15, 0.2) is 0 Å². The number of hydrogen-bond acceptors (Lipinski definition) is 2. The van der Waals surface area contributed by atoms with E-state index in [4.69, 9.17) is 10.5 Å². The Kier molecular flexibility index (Phi) is 5.50. The van der Waals surface area contributed by atoms with Crippen LogP contribution < -0.4 is 5.73 Å². The van der Waals surface area contributed by atoms with Crippen molar-refractivity contribution in [3.63, 3.8) is 0 Å². The highest BCUT2D eigenvalue weighted by Gasteiger charge is 2.35. The van der Waals surface area contributed by atoms with E-state index in [9.17, 15) is 0 Å². The van der Waals surface area contributed by atoms with E-state index < -0.39 is 0 Å². The van der Waals surface area contributed by atoms with Crippen molar-refractivity contribution in [1.82, 2.24) is 0 Å². The molecule has 0 aliphatic heterocycles. The Balaban J connectivity index is 2.80. The molecule has 1 atom stereocenters. The first kappa shape index (κ1) is 13.7. The van der Waals surface area contributed by atoms with E-state index in [0.717, 1.165) is 19.3 Å². The van der Waals surface area contributed by atoms with Crippen LogP contribution in [-0.2, 0) is 4.74 Å². The zero-order valence-electron chi connectivity index (χ0n) is 11.1. The third-order valence-corrected chi connectivity index (χ3v) is 4.15. The van der Waals surface area contributed by atoms with E-state index >= 15 is 0 Å². The van der Waals surface area contributed by atoms with Gasteiger partial charge < -0.3 is 10.5 Å². The highest BCUT2D eigenvalue weighted by Crippen LogP contribution is 2.30. The molecule has 1 aliphatic carbocycles. The lowest BCUT2D eigenvalue weighted by atomic mass is 9.82. The van der Waals surface area contributed by atoms with E-state index in [1.54, 1.807) is 7.11 Å². The minimum atomic E-state index is -0.157. The molecule has 16 heavy (non-hydrogen) atoms. The Labute approximate surface area is 100 Å². The predicted octanol–water partition coefficient (Wildman–Crippen LogP) is 3.41. The fourth-order valence-electron chi connectivity index (χ4n) is 2.77. The predicted molar refractivity (Wildman–Crippen MR) is 69.5 cm³/mol. The summed E-state index contributed by atoms with van der Waals surface area (Å²) < 4.78 is 5.73. The van der Waals surface area contributed by atoms with Gasteiger partial charge in [-0.1, -0.05) is 31.9 Å². The van der Waals surface area contributed by atoms with Crippen molar-refractivity contribution in [3.8, 4) is 0 Å². The second kappa shape index (κ2) is 6.41. The quantitative estimate of drug-likeness (QED) is 0.728. The highest BCUT2D eigenvalue weighted by atomic mass is 16.5. The molecule has 0 aromatic rings. The van der Waals surface area contributed by atoms with Gasteiger partial charge in [-0.3, -0.25) is 0 Å². The van der Waals surface area contributed by atoms with Gasteiger partial charge in [-0.25, -0.2) is 0 Å². The van der Waals surface area contributed by atoms with Gasteiger partial charge in [0.25, 0.3) is 0 Å². The number of rotatable bonds is 5. The molecule has 0 aromatic carbocycles. The zero-order chi connectivity index (χ0) is 12.0. The van der Waals surface area contributed by atoms with Crippen LogP contribution in [0.4, 0.5) is 0 Å². The number of hydrogen-bond donors (Lipinski definition) is 1. The molecule has 1 aliphatic rings. The molecule has 94 valence electrons. The average Bonchev–Trinajstić information content (AvgIpc) is 2.60. The normalized spacial score (nSPS) is 20.1. The molecule has 0 spiro atoms. The largest absolute Gasteiger partial charge is 0.376 e. The molecule has 2 N–H and O–H groups in total. The van der Waals surface area contributed by atoms with Gasteiger partial charge in [0.1, 0.15) is 0 Å². The van der Waals surface area contributed by atoms with Crippen LogP contribution in [0.25, 0.3) is 0 Å². The lowest BCUT2D eigenvalue weighted by Crippen LogP contribution is -2.49. The maximum absolute atomic E-state index is 6.44. The van der Waals surface area contributed by atoms with Crippen LogP contribution in [0.1, 0.15) is 58.8 Å². The maximum atomic E-state index is 6.44. The first-order chi connectivity index (χ1) is 7.70. The second-order valence-corrected chi connectivity index (χ2v) is 4.83. The molecule has 0 fully saturated rings. The van der Waals surface area contributed by atoms with Crippen molar-refractivity contribution in [2.75, 3.05) is 7.11 Å². The number of methoxy groups -OCH3 is 1. The summed E-state index contributed by atoms with van der Waals surface area (Å²) in [7, 11) is 1.80. The molecule has 2 heteroatoms. The molecule has 0 bridgehead atoms. The van der Waals surface area contributed by atoms with Gasteiger partial charge in [-0.15, -0.1) is 0 Å². The molecule has 0 radical (unpaired) electrons. The van der Waals surface area contributed by atoms with Crippen molar-refractivity contribution < 1.29 is 4.74 Å². The minimum Gasteiger partial charge on any atom is -0.376 e. The van der Waals surface area contributed by atoms with Crippen LogP contribution in [0, 0.1) is 0 Å². The summed E-state index contributed by atoms with van der Waals surface area (Å²) in [5.74, 6) is 0. The molecule has 0 aromatic heterocycles. The third-order valence-electron chi connectivity index (χ3n) is 4.15. The van der Waals surface area contributed by atoms with E-state index in [1.165, 1.54) is 31.3 Å². The fourth-order valence-corrected chi connectivity index (χ4v) is 2.77. The summed E-state index contributed by atoms with van der Waals surface area (Å²) in [6.07, 6.45) is 10.6. The molecule has 0 amide bonds. The van der Waals surface area contributed by atoms with Gasteiger partial charge in [0.2, 0.25) is 0 Å². The number of nitrogens with two attached hydrogens (primary N) is 1. The first-order valence-electron chi connectivity index (χ1n) is 6.69. The van der Waals surface area contributed by atoms with Crippen molar-refractivity contribution in [2.24, 2.45) is 5.73 Å². The van der Waals surface area contributed by atoms with Crippen LogP contribution in [0.3, 0.4) is 0 Å². The maximum Gasteiger partial charge on any atom is 0.0861 e. The third kappa shape index (κ3) is 2.86. The van der Waals surface area contributed by atoms with E-state index in [-0.39, 0.29) is 11.6 Å². The Hall–Kier alpha value is -0.340. The fraction of sp³-hybridized carbons (Fsp3) is 0.857. The van der Waals surface area contributed by atoms with Crippen molar-refractivity contribution in [1.29, 1.82) is 0 Å². The Morgan fingerprint density at radius 1 is 1.31 bits per heavy atom. The van der Waals surface area contributed by atoms with E-state index in [0.29, 0.717) is 0 Å². The Morgan fingerprint density at radius 2 is 2.00 bits per heavy atom.